The van der Waals surface area contributed by atoms with Gasteiger partial charge in [0.2, 0.25) is 5.91 Å². The van der Waals surface area contributed by atoms with Crippen LogP contribution in [0.15, 0.2) is 42.5 Å². The summed E-state index contributed by atoms with van der Waals surface area (Å²) in [5.41, 5.74) is 1.46. The fourth-order valence-corrected chi connectivity index (χ4v) is 8.19. The lowest BCUT2D eigenvalue weighted by Gasteiger charge is -2.38. The van der Waals surface area contributed by atoms with E-state index in [0.29, 0.717) is 23.7 Å². The van der Waals surface area contributed by atoms with E-state index >= 15 is 0 Å². The van der Waals surface area contributed by atoms with Crippen molar-refractivity contribution in [2.75, 3.05) is 24.7 Å². The van der Waals surface area contributed by atoms with Crippen LogP contribution in [0.3, 0.4) is 0 Å². The third-order valence-electron chi connectivity index (χ3n) is 7.39. The number of halogens is 1. The number of fused-ring (bicyclic) bond motifs is 2. The molecule has 5 rings (SSSR count). The van der Waals surface area contributed by atoms with Crippen molar-refractivity contribution in [2.45, 2.75) is 42.3 Å². The van der Waals surface area contributed by atoms with Crippen LogP contribution in [0.4, 0.5) is 5.69 Å². The highest BCUT2D eigenvalue weighted by Crippen LogP contribution is 2.61. The quantitative estimate of drug-likeness (QED) is 0.503. The Morgan fingerprint density at radius 1 is 1.26 bits per heavy atom. The summed E-state index contributed by atoms with van der Waals surface area (Å²) in [6, 6.07) is 4.05. The Hall–Kier alpha value is -2.29. The normalized spacial score (nSPS) is 33.2. The van der Waals surface area contributed by atoms with E-state index < -0.39 is 34.6 Å². The van der Waals surface area contributed by atoms with Gasteiger partial charge in [0, 0.05) is 11.8 Å². The number of nitrogens with zero attached hydrogens (tertiary/aromatic N) is 2. The Morgan fingerprint density at radius 3 is 2.76 bits per heavy atom. The molecule has 0 saturated carbocycles. The molecule has 9 heteroatoms. The smallest absolute Gasteiger partial charge is 0.311 e. The molecule has 1 N–H and O–H groups in total. The molecule has 0 aliphatic carbocycles. The van der Waals surface area contributed by atoms with Crippen LogP contribution in [0.5, 0.6) is 0 Å². The van der Waals surface area contributed by atoms with E-state index in [-0.39, 0.29) is 30.3 Å². The van der Waals surface area contributed by atoms with E-state index in [4.69, 9.17) is 16.3 Å². The second-order valence-electron chi connectivity index (χ2n) is 9.15. The first-order chi connectivity index (χ1) is 16.4. The Labute approximate surface area is 207 Å². The third kappa shape index (κ3) is 3.26. The number of hydrogen-bond acceptors (Lipinski definition) is 6. The minimum absolute atomic E-state index is 0.177. The van der Waals surface area contributed by atoms with Crippen molar-refractivity contribution in [3.63, 3.8) is 0 Å². The molecule has 7 nitrogen and oxygen atoms in total. The number of esters is 1. The fraction of sp³-hybridized carbons (Fsp3) is 0.480. The van der Waals surface area contributed by atoms with E-state index in [2.05, 4.69) is 0 Å². The average Bonchev–Trinajstić information content (AvgIpc) is 3.11. The summed E-state index contributed by atoms with van der Waals surface area (Å²) in [4.78, 5) is 44.5. The Balaban J connectivity index is 1.68. The lowest BCUT2D eigenvalue weighted by atomic mass is 9.78. The molecular weight excluding hydrogens is 476 g/mol. The Bertz CT molecular complexity index is 1080. The molecular formula is C25H27ClN2O5S. The highest BCUT2D eigenvalue weighted by atomic mass is 35.5. The molecule has 1 unspecified atom stereocenters. The van der Waals surface area contributed by atoms with Gasteiger partial charge >= 0.3 is 5.97 Å². The van der Waals surface area contributed by atoms with Gasteiger partial charge in [-0.1, -0.05) is 55.0 Å². The maximum absolute atomic E-state index is 14.3. The van der Waals surface area contributed by atoms with Crippen molar-refractivity contribution in [2.24, 2.45) is 11.8 Å². The number of amides is 2. The van der Waals surface area contributed by atoms with E-state index in [1.54, 1.807) is 17.0 Å². The molecule has 34 heavy (non-hydrogen) atoms. The number of benzene rings is 1. The number of carbonyl (C=O) groups excluding carboxylic acids is 3. The van der Waals surface area contributed by atoms with Gasteiger partial charge in [-0.15, -0.1) is 11.8 Å². The molecule has 0 bridgehead atoms. The van der Waals surface area contributed by atoms with E-state index in [1.165, 1.54) is 16.7 Å². The third-order valence-corrected chi connectivity index (χ3v) is 9.43. The largest absolute Gasteiger partial charge is 0.461 e. The first kappa shape index (κ1) is 23.5. The Kier molecular flexibility index (Phi) is 6.02. The van der Waals surface area contributed by atoms with Crippen LogP contribution < -0.4 is 4.90 Å². The minimum atomic E-state index is -0.948. The number of rotatable bonds is 4. The maximum atomic E-state index is 14.3. The molecule has 1 aromatic rings. The number of ether oxygens (including phenoxy) is 1. The van der Waals surface area contributed by atoms with Gasteiger partial charge in [0.1, 0.15) is 12.6 Å². The summed E-state index contributed by atoms with van der Waals surface area (Å²) in [7, 11) is 0. The molecule has 4 aliphatic rings. The molecule has 2 amide bonds. The number of anilines is 1. The van der Waals surface area contributed by atoms with Gasteiger partial charge in [0.25, 0.3) is 5.91 Å². The summed E-state index contributed by atoms with van der Waals surface area (Å²) in [6.07, 6.45) is 8.04. The predicted molar refractivity (Wildman–Crippen MR) is 131 cm³/mol. The first-order valence-corrected chi connectivity index (χ1v) is 12.8. The molecule has 0 radical (unpaired) electrons. The molecule has 2 fully saturated rings. The number of carbonyl (C=O) groups is 3. The molecule has 4 aliphatic heterocycles. The van der Waals surface area contributed by atoms with Crippen LogP contribution in [0.2, 0.25) is 5.02 Å². The first-order valence-electron chi connectivity index (χ1n) is 11.5. The zero-order valence-electron chi connectivity index (χ0n) is 19.0. The zero-order chi connectivity index (χ0) is 24.2. The van der Waals surface area contributed by atoms with Crippen molar-refractivity contribution in [1.82, 2.24) is 4.90 Å². The molecule has 1 aromatic carbocycles. The molecule has 180 valence electrons. The van der Waals surface area contributed by atoms with Gasteiger partial charge in [-0.3, -0.25) is 14.4 Å². The van der Waals surface area contributed by atoms with Gasteiger partial charge in [0.15, 0.2) is 0 Å². The van der Waals surface area contributed by atoms with Crippen molar-refractivity contribution in [3.05, 3.63) is 53.1 Å². The number of aliphatic hydroxyl groups excluding tert-OH is 1. The minimum Gasteiger partial charge on any atom is -0.461 e. The fourth-order valence-electron chi connectivity index (χ4n) is 5.88. The van der Waals surface area contributed by atoms with E-state index in [1.807, 2.05) is 44.2 Å². The molecule has 4 heterocycles. The molecule has 2 saturated heterocycles. The number of hydrogen-bond donors (Lipinski definition) is 1. The topological polar surface area (TPSA) is 87.2 Å². The van der Waals surface area contributed by atoms with Gasteiger partial charge < -0.3 is 19.6 Å². The SMILES string of the molecule is CC[C@@H](CO)N1C(=O)[C@@H]2[C@@H]3C(=O)OCC=C[C@@H]3S[C@@]23C=CCN(c2c(C)cccc2Cl)C(=O)C13. The van der Waals surface area contributed by atoms with Gasteiger partial charge in [0.05, 0.1) is 39.9 Å². The van der Waals surface area contributed by atoms with Crippen LogP contribution in [0.25, 0.3) is 0 Å². The number of likely N-dealkylation sites (tertiary alicyclic amines) is 1. The van der Waals surface area contributed by atoms with E-state index in [9.17, 15) is 19.5 Å². The van der Waals surface area contributed by atoms with Crippen LogP contribution in [-0.4, -0.2) is 69.6 Å². The number of thioether (sulfide) groups is 1. The summed E-state index contributed by atoms with van der Waals surface area (Å²) in [5, 5.41) is 10.3. The summed E-state index contributed by atoms with van der Waals surface area (Å²) < 4.78 is 4.43. The standard InChI is InChI=1S/C25H27ClN2O5S/c1-3-15(13-29)28-21-23(31)27(20-14(2)7-4-8-16(20)26)11-6-10-25(21)19(22(28)30)18-17(34-25)9-5-12-33-24(18)32/h4-10,15,17-19,21,29H,3,11-13H2,1-2H3/t15-,17-,18+,19-,21?,25-/m0/s1. The number of aryl methyl sites for hydroxylation is 1. The molecule has 1 spiro atoms. The van der Waals surface area contributed by atoms with Crippen LogP contribution in [0, 0.1) is 18.8 Å². The molecule has 0 aromatic heterocycles. The number of aliphatic hydroxyl groups is 1. The van der Waals surface area contributed by atoms with Crippen molar-refractivity contribution in [3.8, 4) is 0 Å². The van der Waals surface area contributed by atoms with Crippen molar-refractivity contribution >= 4 is 46.8 Å². The van der Waals surface area contributed by atoms with E-state index in [0.717, 1.165) is 5.56 Å². The van der Waals surface area contributed by atoms with Crippen LogP contribution in [0.1, 0.15) is 18.9 Å². The second-order valence-corrected chi connectivity index (χ2v) is 11.0. The van der Waals surface area contributed by atoms with Gasteiger partial charge in [-0.2, -0.15) is 0 Å². The van der Waals surface area contributed by atoms with Gasteiger partial charge in [-0.05, 0) is 25.0 Å². The highest BCUT2D eigenvalue weighted by Gasteiger charge is 2.71. The summed E-state index contributed by atoms with van der Waals surface area (Å²) in [6.45, 7) is 3.97. The van der Waals surface area contributed by atoms with Crippen molar-refractivity contribution < 1.29 is 24.2 Å². The summed E-state index contributed by atoms with van der Waals surface area (Å²) >= 11 is 8.02. The average molecular weight is 503 g/mol. The second kappa shape index (κ2) is 8.73. The van der Waals surface area contributed by atoms with Crippen molar-refractivity contribution in [1.29, 1.82) is 0 Å². The Morgan fingerprint density at radius 2 is 2.06 bits per heavy atom. The summed E-state index contributed by atoms with van der Waals surface area (Å²) in [5.74, 6) is -2.40. The lowest BCUT2D eigenvalue weighted by molar-refractivity contribution is -0.152. The van der Waals surface area contributed by atoms with Crippen LogP contribution >= 0.6 is 23.4 Å². The number of cyclic esters (lactones) is 1. The predicted octanol–water partition coefficient (Wildman–Crippen LogP) is 2.73. The van der Waals surface area contributed by atoms with Crippen LogP contribution in [-0.2, 0) is 19.1 Å². The molecule has 6 atom stereocenters. The monoisotopic (exact) mass is 502 g/mol. The maximum Gasteiger partial charge on any atom is 0.311 e. The van der Waals surface area contributed by atoms with Gasteiger partial charge in [-0.25, -0.2) is 0 Å². The lowest BCUT2D eigenvalue weighted by Crippen LogP contribution is -2.56. The highest BCUT2D eigenvalue weighted by molar-refractivity contribution is 8.02. The zero-order valence-corrected chi connectivity index (χ0v) is 20.6. The number of para-hydroxylation sites is 1.